The second-order valence-electron chi connectivity index (χ2n) is 3.09. The molecule has 0 bridgehead atoms. The predicted octanol–water partition coefficient (Wildman–Crippen LogP) is -0.961. The molecule has 0 unspecified atom stereocenters. The Labute approximate surface area is 99.4 Å². The molecular formula is C8H6N10. The Morgan fingerprint density at radius 1 is 0.667 bits per heavy atom. The van der Waals surface area contributed by atoms with E-state index in [4.69, 9.17) is 0 Å². The van der Waals surface area contributed by atoms with Gasteiger partial charge in [0.2, 0.25) is 0 Å². The summed E-state index contributed by atoms with van der Waals surface area (Å²) in [5.41, 5.74) is 0. The number of hydrogen-bond donors (Lipinski definition) is 0. The van der Waals surface area contributed by atoms with Gasteiger partial charge in [-0.2, -0.15) is 9.97 Å². The van der Waals surface area contributed by atoms with Crippen LogP contribution in [0.3, 0.4) is 0 Å². The Morgan fingerprint density at radius 3 is 1.61 bits per heavy atom. The molecular weight excluding hydrogens is 236 g/mol. The summed E-state index contributed by atoms with van der Waals surface area (Å²) in [6.45, 7) is 0. The highest BCUT2D eigenvalue weighted by atomic mass is 15.3. The van der Waals surface area contributed by atoms with Crippen molar-refractivity contribution >= 4 is 11.6 Å². The number of fused-ring (bicyclic) bond motifs is 2. The van der Waals surface area contributed by atoms with Gasteiger partial charge in [-0.05, 0) is 0 Å². The van der Waals surface area contributed by atoms with Gasteiger partial charge in [-0.15, -0.1) is 20.4 Å². The summed E-state index contributed by atoms with van der Waals surface area (Å²) >= 11 is 0. The first-order valence-corrected chi connectivity index (χ1v) is 4.84. The standard InChI is InChI=1S/2C4H3N5/c2*1-5-2-9-3-7-8-4(9)6-1/h2*1-3H. The first-order chi connectivity index (χ1) is 8.93. The maximum atomic E-state index is 3.82. The molecule has 18 heavy (non-hydrogen) atoms. The van der Waals surface area contributed by atoms with Gasteiger partial charge in [-0.3, -0.25) is 8.80 Å². The minimum absolute atomic E-state index is 0.574. The smallest absolute Gasteiger partial charge is 0.256 e. The van der Waals surface area contributed by atoms with E-state index in [0.717, 1.165) is 0 Å². The van der Waals surface area contributed by atoms with Gasteiger partial charge in [-0.1, -0.05) is 0 Å². The van der Waals surface area contributed by atoms with Gasteiger partial charge < -0.3 is 0 Å². The number of hydrogen-bond acceptors (Lipinski definition) is 8. The van der Waals surface area contributed by atoms with Crippen molar-refractivity contribution in [1.29, 1.82) is 0 Å². The monoisotopic (exact) mass is 242 g/mol. The van der Waals surface area contributed by atoms with Crippen LogP contribution < -0.4 is 0 Å². The Morgan fingerprint density at radius 2 is 1.17 bits per heavy atom. The highest BCUT2D eigenvalue weighted by Crippen LogP contribution is 1.86. The molecule has 0 amide bonds. The lowest BCUT2D eigenvalue weighted by molar-refractivity contribution is 1.01. The highest BCUT2D eigenvalue weighted by Gasteiger charge is 1.90. The molecule has 4 aromatic rings. The van der Waals surface area contributed by atoms with Gasteiger partial charge in [0.05, 0.1) is 0 Å². The molecule has 4 rings (SSSR count). The Bertz CT molecular complexity index is 632. The summed E-state index contributed by atoms with van der Waals surface area (Å²) in [7, 11) is 0. The van der Waals surface area contributed by atoms with Crippen LogP contribution in [0.4, 0.5) is 0 Å². The minimum Gasteiger partial charge on any atom is -0.256 e. The van der Waals surface area contributed by atoms with Crippen LogP contribution in [-0.4, -0.2) is 49.1 Å². The molecule has 10 nitrogen and oxygen atoms in total. The lowest BCUT2D eigenvalue weighted by atomic mass is 11.0. The molecule has 0 aliphatic rings. The maximum Gasteiger partial charge on any atom is 0.257 e. The van der Waals surface area contributed by atoms with Crippen molar-refractivity contribution < 1.29 is 0 Å². The van der Waals surface area contributed by atoms with Crippen LogP contribution in [-0.2, 0) is 0 Å². The maximum absolute atomic E-state index is 3.82. The van der Waals surface area contributed by atoms with Crippen LogP contribution in [0.5, 0.6) is 0 Å². The molecule has 0 saturated heterocycles. The van der Waals surface area contributed by atoms with E-state index in [-0.39, 0.29) is 0 Å². The van der Waals surface area contributed by atoms with Crippen LogP contribution >= 0.6 is 0 Å². The first-order valence-electron chi connectivity index (χ1n) is 4.84. The van der Waals surface area contributed by atoms with Gasteiger partial charge in [0.15, 0.2) is 0 Å². The van der Waals surface area contributed by atoms with E-state index in [1.165, 1.54) is 12.7 Å². The van der Waals surface area contributed by atoms with Crippen LogP contribution in [0.15, 0.2) is 38.0 Å². The van der Waals surface area contributed by atoms with E-state index in [0.29, 0.717) is 11.6 Å². The lowest BCUT2D eigenvalue weighted by Crippen LogP contribution is -1.86. The van der Waals surface area contributed by atoms with E-state index in [9.17, 15) is 0 Å². The van der Waals surface area contributed by atoms with Gasteiger partial charge in [0, 0.05) is 0 Å². The molecule has 0 spiro atoms. The summed E-state index contributed by atoms with van der Waals surface area (Å²) < 4.78 is 3.28. The Balaban J connectivity index is 0.000000111. The molecule has 0 saturated carbocycles. The molecule has 10 heteroatoms. The van der Waals surface area contributed by atoms with Crippen molar-refractivity contribution in [3.63, 3.8) is 0 Å². The van der Waals surface area contributed by atoms with E-state index >= 15 is 0 Å². The number of aromatic nitrogens is 10. The third-order valence-corrected chi connectivity index (χ3v) is 1.97. The molecule has 0 aliphatic heterocycles. The van der Waals surface area contributed by atoms with E-state index in [2.05, 4.69) is 40.3 Å². The quantitative estimate of drug-likeness (QED) is 0.387. The summed E-state index contributed by atoms with van der Waals surface area (Å²) in [4.78, 5) is 15.2. The van der Waals surface area contributed by atoms with Crippen molar-refractivity contribution in [3.8, 4) is 0 Å². The SMILES string of the molecule is c1ncn2cnnc2n1.c1ncn2cnnc2n1. The molecule has 4 heterocycles. The van der Waals surface area contributed by atoms with Crippen LogP contribution in [0, 0.1) is 0 Å². The van der Waals surface area contributed by atoms with Crippen LogP contribution in [0.1, 0.15) is 0 Å². The van der Waals surface area contributed by atoms with Gasteiger partial charge >= 0.3 is 0 Å². The second kappa shape index (κ2) is 4.45. The zero-order valence-electron chi connectivity index (χ0n) is 8.94. The summed E-state index contributed by atoms with van der Waals surface area (Å²) in [6, 6.07) is 0. The van der Waals surface area contributed by atoms with E-state index < -0.39 is 0 Å². The average molecular weight is 242 g/mol. The molecule has 88 valence electrons. The molecule has 0 radical (unpaired) electrons. The third kappa shape index (κ3) is 1.93. The first kappa shape index (κ1) is 10.1. The zero-order valence-corrected chi connectivity index (χ0v) is 8.94. The summed E-state index contributed by atoms with van der Waals surface area (Å²) in [6.07, 6.45) is 9.17. The van der Waals surface area contributed by atoms with Crippen LogP contribution in [0.2, 0.25) is 0 Å². The van der Waals surface area contributed by atoms with Crippen molar-refractivity contribution in [1.82, 2.24) is 49.1 Å². The highest BCUT2D eigenvalue weighted by molar-refractivity contribution is 5.21. The molecule has 0 fully saturated rings. The van der Waals surface area contributed by atoms with Crippen molar-refractivity contribution in [2.75, 3.05) is 0 Å². The van der Waals surface area contributed by atoms with Gasteiger partial charge in [-0.25, -0.2) is 9.97 Å². The fourth-order valence-electron chi connectivity index (χ4n) is 1.19. The Kier molecular flexibility index (Phi) is 2.50. The normalized spacial score (nSPS) is 10.2. The van der Waals surface area contributed by atoms with Gasteiger partial charge in [0.1, 0.15) is 38.0 Å². The molecule has 4 aromatic heterocycles. The minimum atomic E-state index is 0.574. The van der Waals surface area contributed by atoms with E-state index in [1.54, 1.807) is 34.1 Å². The number of rotatable bonds is 0. The fraction of sp³-hybridized carbons (Fsp3) is 0. The van der Waals surface area contributed by atoms with E-state index in [1.807, 2.05) is 0 Å². The summed E-state index contributed by atoms with van der Waals surface area (Å²) in [5, 5.41) is 14.6. The fourth-order valence-corrected chi connectivity index (χ4v) is 1.19. The topological polar surface area (TPSA) is 112 Å². The van der Waals surface area contributed by atoms with Crippen molar-refractivity contribution in [3.05, 3.63) is 38.0 Å². The Hall–Kier alpha value is -3.04. The van der Waals surface area contributed by atoms with Crippen molar-refractivity contribution in [2.24, 2.45) is 0 Å². The largest absolute Gasteiger partial charge is 0.257 e. The molecule has 0 N–H and O–H groups in total. The lowest BCUT2D eigenvalue weighted by Gasteiger charge is -1.82. The zero-order chi connectivity index (χ0) is 12.2. The van der Waals surface area contributed by atoms with Crippen LogP contribution in [0.25, 0.3) is 11.6 Å². The van der Waals surface area contributed by atoms with Gasteiger partial charge in [0.25, 0.3) is 11.6 Å². The number of nitrogens with zero attached hydrogens (tertiary/aromatic N) is 10. The average Bonchev–Trinajstić information content (AvgIpc) is 3.08. The molecule has 0 atom stereocenters. The third-order valence-electron chi connectivity index (χ3n) is 1.97. The summed E-state index contributed by atoms with van der Waals surface area (Å²) in [5.74, 6) is 1.15. The molecule has 0 aromatic carbocycles. The second-order valence-corrected chi connectivity index (χ2v) is 3.09. The van der Waals surface area contributed by atoms with Crippen molar-refractivity contribution in [2.45, 2.75) is 0 Å². The molecule has 0 aliphatic carbocycles. The predicted molar refractivity (Wildman–Crippen MR) is 57.2 cm³/mol.